The maximum Gasteiger partial charge on any atom is 0.318 e. The Balaban J connectivity index is 2.41. The Labute approximate surface area is 112 Å². The molecule has 104 valence electrons. The predicted molar refractivity (Wildman–Crippen MR) is 69.8 cm³/mol. The van der Waals surface area contributed by atoms with Crippen LogP contribution in [0.1, 0.15) is 38.4 Å². The summed E-state index contributed by atoms with van der Waals surface area (Å²) in [4.78, 5) is 17.3. The minimum absolute atomic E-state index is 0.236. The molecule has 0 atom stereocenters. The van der Waals surface area contributed by atoms with E-state index in [1.807, 2.05) is 0 Å². The lowest BCUT2D eigenvalue weighted by molar-refractivity contribution is -0.151. The van der Waals surface area contributed by atoms with Crippen molar-refractivity contribution in [2.45, 2.75) is 32.6 Å². The van der Waals surface area contributed by atoms with Crippen molar-refractivity contribution in [3.8, 4) is 0 Å². The van der Waals surface area contributed by atoms with Crippen LogP contribution >= 0.6 is 0 Å². The van der Waals surface area contributed by atoms with Crippen LogP contribution in [0.25, 0.3) is 0 Å². The van der Waals surface area contributed by atoms with Gasteiger partial charge in [-0.1, -0.05) is 18.0 Å². The molecule has 0 saturated heterocycles. The van der Waals surface area contributed by atoms with Gasteiger partial charge in [-0.2, -0.15) is 0 Å². The standard InChI is InChI=1S/C14H19NO4/c1-3-18-13(16)14(8-4-5-9-14)12(15-17-2)11-7-6-10-19-11/h6-7,10H,3-5,8-9H2,1-2H3. The van der Waals surface area contributed by atoms with Gasteiger partial charge < -0.3 is 14.0 Å². The molecule has 1 saturated carbocycles. The first-order chi connectivity index (χ1) is 9.24. The van der Waals surface area contributed by atoms with Gasteiger partial charge in [-0.05, 0) is 31.9 Å². The molecule has 5 heteroatoms. The maximum absolute atomic E-state index is 12.4. The summed E-state index contributed by atoms with van der Waals surface area (Å²) in [6.45, 7) is 2.17. The van der Waals surface area contributed by atoms with Crippen LogP contribution in [0, 0.1) is 5.41 Å². The number of nitrogens with zero attached hydrogens (tertiary/aromatic N) is 1. The van der Waals surface area contributed by atoms with E-state index in [1.165, 1.54) is 7.11 Å². The molecule has 1 heterocycles. The van der Waals surface area contributed by atoms with Crippen molar-refractivity contribution in [1.29, 1.82) is 0 Å². The van der Waals surface area contributed by atoms with Gasteiger partial charge in [-0.15, -0.1) is 0 Å². The van der Waals surface area contributed by atoms with Gasteiger partial charge in [-0.3, -0.25) is 4.79 Å². The topological polar surface area (TPSA) is 61.0 Å². The van der Waals surface area contributed by atoms with Crippen LogP contribution in [0.5, 0.6) is 0 Å². The number of carbonyl (C=O) groups is 1. The van der Waals surface area contributed by atoms with E-state index >= 15 is 0 Å². The molecule has 0 aliphatic heterocycles. The molecular formula is C14H19NO4. The monoisotopic (exact) mass is 265 g/mol. The number of oxime groups is 1. The summed E-state index contributed by atoms with van der Waals surface area (Å²) in [5.74, 6) is 0.330. The van der Waals surface area contributed by atoms with Crippen LogP contribution in [-0.2, 0) is 14.4 Å². The highest BCUT2D eigenvalue weighted by Crippen LogP contribution is 2.42. The fourth-order valence-corrected chi connectivity index (χ4v) is 2.66. The smallest absolute Gasteiger partial charge is 0.318 e. The van der Waals surface area contributed by atoms with E-state index in [9.17, 15) is 4.79 Å². The van der Waals surface area contributed by atoms with Crippen LogP contribution in [-0.4, -0.2) is 25.4 Å². The number of carbonyl (C=O) groups excluding carboxylic acids is 1. The maximum atomic E-state index is 12.4. The molecule has 5 nitrogen and oxygen atoms in total. The first kappa shape index (κ1) is 13.6. The Morgan fingerprint density at radius 3 is 2.74 bits per heavy atom. The van der Waals surface area contributed by atoms with Crippen LogP contribution < -0.4 is 0 Å². The molecule has 0 unspecified atom stereocenters. The van der Waals surface area contributed by atoms with Crippen LogP contribution in [0.4, 0.5) is 0 Å². The zero-order valence-corrected chi connectivity index (χ0v) is 11.3. The molecule has 0 N–H and O–H groups in total. The van der Waals surface area contributed by atoms with Gasteiger partial charge in [0.1, 0.15) is 18.2 Å². The van der Waals surface area contributed by atoms with Gasteiger partial charge in [0, 0.05) is 0 Å². The second kappa shape index (κ2) is 5.91. The summed E-state index contributed by atoms with van der Waals surface area (Å²) in [7, 11) is 1.47. The predicted octanol–water partition coefficient (Wildman–Crippen LogP) is 2.75. The third kappa shape index (κ3) is 2.50. The molecule has 1 aliphatic carbocycles. The molecule has 19 heavy (non-hydrogen) atoms. The zero-order valence-electron chi connectivity index (χ0n) is 11.3. The summed E-state index contributed by atoms with van der Waals surface area (Å²) in [5.41, 5.74) is -0.194. The van der Waals surface area contributed by atoms with E-state index in [4.69, 9.17) is 14.0 Å². The molecule has 1 fully saturated rings. The van der Waals surface area contributed by atoms with E-state index in [0.717, 1.165) is 12.8 Å². The molecule has 0 radical (unpaired) electrons. The Morgan fingerprint density at radius 1 is 1.47 bits per heavy atom. The van der Waals surface area contributed by atoms with Crippen molar-refractivity contribution >= 4 is 11.7 Å². The lowest BCUT2D eigenvalue weighted by atomic mass is 9.80. The highest BCUT2D eigenvalue weighted by molar-refractivity contribution is 6.14. The van der Waals surface area contributed by atoms with E-state index < -0.39 is 5.41 Å². The first-order valence-electron chi connectivity index (χ1n) is 6.57. The van der Waals surface area contributed by atoms with E-state index in [0.29, 0.717) is 30.9 Å². The SMILES string of the molecule is CCOC(=O)C1(C(=NOC)c2ccco2)CCCC1. The Morgan fingerprint density at radius 2 is 2.21 bits per heavy atom. The Kier molecular flexibility index (Phi) is 4.24. The van der Waals surface area contributed by atoms with Crippen molar-refractivity contribution in [2.24, 2.45) is 10.6 Å². The third-order valence-electron chi connectivity index (χ3n) is 3.51. The van der Waals surface area contributed by atoms with Crippen molar-refractivity contribution in [1.82, 2.24) is 0 Å². The largest absolute Gasteiger partial charge is 0.465 e. The Hall–Kier alpha value is -1.78. The first-order valence-corrected chi connectivity index (χ1v) is 6.57. The molecule has 0 aromatic carbocycles. The number of rotatable bonds is 5. The highest BCUT2D eigenvalue weighted by atomic mass is 16.6. The van der Waals surface area contributed by atoms with Crippen molar-refractivity contribution in [3.63, 3.8) is 0 Å². The molecular weight excluding hydrogens is 246 g/mol. The average molecular weight is 265 g/mol. The van der Waals surface area contributed by atoms with E-state index in [-0.39, 0.29) is 5.97 Å². The summed E-state index contributed by atoms with van der Waals surface area (Å²) in [6.07, 6.45) is 4.95. The molecule has 0 amide bonds. The summed E-state index contributed by atoms with van der Waals surface area (Å²) >= 11 is 0. The normalized spacial score (nSPS) is 18.3. The molecule has 2 rings (SSSR count). The second-order valence-electron chi connectivity index (χ2n) is 4.61. The lowest BCUT2D eigenvalue weighted by Crippen LogP contribution is -2.39. The van der Waals surface area contributed by atoms with Gasteiger partial charge in [0.25, 0.3) is 0 Å². The summed E-state index contributed by atoms with van der Waals surface area (Å²) in [5, 5.41) is 4.05. The van der Waals surface area contributed by atoms with Gasteiger partial charge in [0.05, 0.1) is 12.9 Å². The lowest BCUT2D eigenvalue weighted by Gasteiger charge is -2.26. The summed E-state index contributed by atoms with van der Waals surface area (Å²) < 4.78 is 10.6. The van der Waals surface area contributed by atoms with Crippen molar-refractivity contribution < 1.29 is 18.8 Å². The number of ether oxygens (including phenoxy) is 1. The second-order valence-corrected chi connectivity index (χ2v) is 4.61. The molecule has 1 aromatic rings. The van der Waals surface area contributed by atoms with Crippen LogP contribution in [0.2, 0.25) is 0 Å². The van der Waals surface area contributed by atoms with Gasteiger partial charge >= 0.3 is 5.97 Å². The van der Waals surface area contributed by atoms with Gasteiger partial charge in [0.15, 0.2) is 5.76 Å². The van der Waals surface area contributed by atoms with Crippen LogP contribution in [0.15, 0.2) is 28.0 Å². The van der Waals surface area contributed by atoms with E-state index in [2.05, 4.69) is 5.16 Å². The van der Waals surface area contributed by atoms with Gasteiger partial charge in [0.2, 0.25) is 0 Å². The van der Waals surface area contributed by atoms with Crippen molar-refractivity contribution in [2.75, 3.05) is 13.7 Å². The minimum Gasteiger partial charge on any atom is -0.465 e. The molecule has 0 spiro atoms. The molecule has 1 aliphatic rings. The zero-order chi connectivity index (χ0) is 13.7. The Bertz CT molecular complexity index is 444. The number of hydrogen-bond donors (Lipinski definition) is 0. The fourth-order valence-electron chi connectivity index (χ4n) is 2.66. The molecule has 1 aromatic heterocycles. The molecule has 0 bridgehead atoms. The number of hydrogen-bond acceptors (Lipinski definition) is 5. The average Bonchev–Trinajstić information content (AvgIpc) is 3.08. The number of esters is 1. The van der Waals surface area contributed by atoms with Crippen LogP contribution in [0.3, 0.4) is 0 Å². The van der Waals surface area contributed by atoms with Crippen molar-refractivity contribution in [3.05, 3.63) is 24.2 Å². The minimum atomic E-state index is -0.732. The highest BCUT2D eigenvalue weighted by Gasteiger charge is 2.49. The van der Waals surface area contributed by atoms with E-state index in [1.54, 1.807) is 25.3 Å². The summed E-state index contributed by atoms with van der Waals surface area (Å²) in [6, 6.07) is 3.56. The van der Waals surface area contributed by atoms with Gasteiger partial charge in [-0.25, -0.2) is 0 Å². The fraction of sp³-hybridized carbons (Fsp3) is 0.571. The quantitative estimate of drug-likeness (QED) is 0.466. The number of furan rings is 1. The third-order valence-corrected chi connectivity index (χ3v) is 3.51.